The molecule has 0 radical (unpaired) electrons. The molecule has 100 valence electrons. The Kier molecular flexibility index (Phi) is 5.13. The molecule has 1 atom stereocenters. The lowest BCUT2D eigenvalue weighted by molar-refractivity contribution is 0.0925. The molecule has 3 N–H and O–H groups in total. The molecule has 0 heterocycles. The fourth-order valence-electron chi connectivity index (χ4n) is 2.13. The van der Waals surface area contributed by atoms with Gasteiger partial charge in [0, 0.05) is 6.04 Å². The third kappa shape index (κ3) is 3.22. The zero-order valence-electron chi connectivity index (χ0n) is 11.2. The molecule has 0 saturated heterocycles. The standard InChI is InChI=1S/C14H21FN2O/c1-4-10(5-2)9(3)17-14(18)11-7-6-8-12(15)13(11)16/h6-10H,4-5,16H2,1-3H3,(H,17,18). The minimum Gasteiger partial charge on any atom is -0.396 e. The van der Waals surface area contributed by atoms with Gasteiger partial charge in [-0.3, -0.25) is 4.79 Å². The number of carbonyl (C=O) groups excluding carboxylic acids is 1. The maximum atomic E-state index is 13.3. The molecule has 0 bridgehead atoms. The number of hydrogen-bond acceptors (Lipinski definition) is 2. The third-order valence-corrected chi connectivity index (χ3v) is 3.41. The summed E-state index contributed by atoms with van der Waals surface area (Å²) in [5, 5.41) is 2.88. The van der Waals surface area contributed by atoms with E-state index in [0.29, 0.717) is 5.92 Å². The lowest BCUT2D eigenvalue weighted by Crippen LogP contribution is -2.38. The number of nitrogen functional groups attached to an aromatic ring is 1. The van der Waals surface area contributed by atoms with E-state index < -0.39 is 5.82 Å². The van der Waals surface area contributed by atoms with Gasteiger partial charge in [-0.2, -0.15) is 0 Å². The van der Waals surface area contributed by atoms with Gasteiger partial charge in [-0.25, -0.2) is 4.39 Å². The highest BCUT2D eigenvalue weighted by Crippen LogP contribution is 2.17. The van der Waals surface area contributed by atoms with Crippen LogP contribution in [0.15, 0.2) is 18.2 Å². The van der Waals surface area contributed by atoms with Crippen LogP contribution in [0.4, 0.5) is 10.1 Å². The highest BCUT2D eigenvalue weighted by Gasteiger charge is 2.18. The molecule has 0 fully saturated rings. The van der Waals surface area contributed by atoms with E-state index in [1.807, 2.05) is 6.92 Å². The second-order valence-corrected chi connectivity index (χ2v) is 4.54. The lowest BCUT2D eigenvalue weighted by atomic mass is 9.95. The Hall–Kier alpha value is -1.58. The molecule has 3 nitrogen and oxygen atoms in total. The Balaban J connectivity index is 2.79. The molecule has 0 saturated carbocycles. The summed E-state index contributed by atoms with van der Waals surface area (Å²) >= 11 is 0. The molecule has 0 aliphatic heterocycles. The van der Waals surface area contributed by atoms with Crippen LogP contribution in [-0.2, 0) is 0 Å². The van der Waals surface area contributed by atoms with Gasteiger partial charge in [-0.05, 0) is 25.0 Å². The number of nitrogens with one attached hydrogen (secondary N) is 1. The predicted molar refractivity (Wildman–Crippen MR) is 71.8 cm³/mol. The zero-order chi connectivity index (χ0) is 13.7. The molecule has 4 heteroatoms. The van der Waals surface area contributed by atoms with Crippen LogP contribution < -0.4 is 11.1 Å². The molecule has 1 rings (SSSR count). The monoisotopic (exact) mass is 252 g/mol. The number of halogens is 1. The van der Waals surface area contributed by atoms with Crippen LogP contribution in [0.5, 0.6) is 0 Å². The van der Waals surface area contributed by atoms with E-state index >= 15 is 0 Å². The van der Waals surface area contributed by atoms with Crippen LogP contribution in [0, 0.1) is 11.7 Å². The Bertz CT molecular complexity index is 416. The third-order valence-electron chi connectivity index (χ3n) is 3.41. The SMILES string of the molecule is CCC(CC)C(C)NC(=O)c1cccc(F)c1N. The summed E-state index contributed by atoms with van der Waals surface area (Å²) in [6.45, 7) is 6.14. The van der Waals surface area contributed by atoms with Crippen LogP contribution in [0.1, 0.15) is 44.0 Å². The van der Waals surface area contributed by atoms with E-state index in [0.717, 1.165) is 12.8 Å². The number of amides is 1. The molecule has 0 aliphatic rings. The fraction of sp³-hybridized carbons (Fsp3) is 0.500. The maximum Gasteiger partial charge on any atom is 0.253 e. The van der Waals surface area contributed by atoms with Gasteiger partial charge in [0.25, 0.3) is 5.91 Å². The van der Waals surface area contributed by atoms with Crippen LogP contribution in [-0.4, -0.2) is 11.9 Å². The molecule has 1 aromatic rings. The summed E-state index contributed by atoms with van der Waals surface area (Å²) in [6.07, 6.45) is 1.99. The van der Waals surface area contributed by atoms with Gasteiger partial charge in [-0.15, -0.1) is 0 Å². The van der Waals surface area contributed by atoms with E-state index in [1.54, 1.807) is 0 Å². The van der Waals surface area contributed by atoms with Crippen molar-refractivity contribution in [2.75, 3.05) is 5.73 Å². The number of nitrogens with two attached hydrogens (primary N) is 1. The lowest BCUT2D eigenvalue weighted by Gasteiger charge is -2.22. The van der Waals surface area contributed by atoms with Crippen LogP contribution in [0.2, 0.25) is 0 Å². The van der Waals surface area contributed by atoms with E-state index in [4.69, 9.17) is 5.73 Å². The number of anilines is 1. The van der Waals surface area contributed by atoms with Gasteiger partial charge in [0.2, 0.25) is 0 Å². The maximum absolute atomic E-state index is 13.3. The van der Waals surface area contributed by atoms with Crippen molar-refractivity contribution in [1.82, 2.24) is 5.32 Å². The first-order chi connectivity index (χ1) is 8.51. The topological polar surface area (TPSA) is 55.1 Å². The first kappa shape index (κ1) is 14.5. The Labute approximate surface area is 108 Å². The van der Waals surface area contributed by atoms with E-state index in [2.05, 4.69) is 19.2 Å². The molecule has 1 amide bonds. The molecule has 0 aliphatic carbocycles. The van der Waals surface area contributed by atoms with Crippen LogP contribution in [0.3, 0.4) is 0 Å². The molecule has 1 aromatic carbocycles. The zero-order valence-corrected chi connectivity index (χ0v) is 11.2. The summed E-state index contributed by atoms with van der Waals surface area (Å²) in [6, 6.07) is 4.32. The molecule has 1 unspecified atom stereocenters. The van der Waals surface area contributed by atoms with Crippen molar-refractivity contribution in [2.45, 2.75) is 39.7 Å². The number of hydrogen-bond donors (Lipinski definition) is 2. The van der Waals surface area contributed by atoms with Crippen molar-refractivity contribution in [3.8, 4) is 0 Å². The Morgan fingerprint density at radius 1 is 1.39 bits per heavy atom. The summed E-state index contributed by atoms with van der Waals surface area (Å²) in [5.74, 6) is -0.451. The minimum absolute atomic E-state index is 0.0511. The molecular weight excluding hydrogens is 231 g/mol. The van der Waals surface area contributed by atoms with Crippen molar-refractivity contribution in [2.24, 2.45) is 5.92 Å². The van der Waals surface area contributed by atoms with Crippen molar-refractivity contribution in [3.63, 3.8) is 0 Å². The molecule has 0 aromatic heterocycles. The normalized spacial score (nSPS) is 12.5. The first-order valence-corrected chi connectivity index (χ1v) is 6.36. The highest BCUT2D eigenvalue weighted by molar-refractivity contribution is 5.99. The van der Waals surface area contributed by atoms with Gasteiger partial charge in [0.05, 0.1) is 11.3 Å². The largest absolute Gasteiger partial charge is 0.396 e. The van der Waals surface area contributed by atoms with Gasteiger partial charge in [-0.1, -0.05) is 32.8 Å². The second kappa shape index (κ2) is 6.38. The summed E-state index contributed by atoms with van der Waals surface area (Å²) in [7, 11) is 0. The summed E-state index contributed by atoms with van der Waals surface area (Å²) < 4.78 is 13.3. The van der Waals surface area contributed by atoms with Crippen LogP contribution in [0.25, 0.3) is 0 Å². The van der Waals surface area contributed by atoms with Crippen molar-refractivity contribution in [1.29, 1.82) is 0 Å². The second-order valence-electron chi connectivity index (χ2n) is 4.54. The average molecular weight is 252 g/mol. The first-order valence-electron chi connectivity index (χ1n) is 6.36. The van der Waals surface area contributed by atoms with Crippen molar-refractivity contribution < 1.29 is 9.18 Å². The van der Waals surface area contributed by atoms with Gasteiger partial charge < -0.3 is 11.1 Å². The highest BCUT2D eigenvalue weighted by atomic mass is 19.1. The number of carbonyl (C=O) groups is 1. The van der Waals surface area contributed by atoms with Crippen molar-refractivity contribution >= 4 is 11.6 Å². The van der Waals surface area contributed by atoms with E-state index in [9.17, 15) is 9.18 Å². The van der Waals surface area contributed by atoms with E-state index in [-0.39, 0.29) is 23.2 Å². The van der Waals surface area contributed by atoms with E-state index in [1.165, 1.54) is 18.2 Å². The number of para-hydroxylation sites is 1. The molecular formula is C14H21FN2O. The average Bonchev–Trinajstić information content (AvgIpc) is 2.34. The summed E-state index contributed by atoms with van der Waals surface area (Å²) in [4.78, 5) is 12.0. The predicted octanol–water partition coefficient (Wildman–Crippen LogP) is 2.96. The Morgan fingerprint density at radius 2 is 2.00 bits per heavy atom. The van der Waals surface area contributed by atoms with Crippen molar-refractivity contribution in [3.05, 3.63) is 29.6 Å². The quantitative estimate of drug-likeness (QED) is 0.792. The number of benzene rings is 1. The minimum atomic E-state index is -0.558. The van der Waals surface area contributed by atoms with Gasteiger partial charge in [0.15, 0.2) is 0 Å². The van der Waals surface area contributed by atoms with Gasteiger partial charge in [0.1, 0.15) is 5.82 Å². The van der Waals surface area contributed by atoms with Gasteiger partial charge >= 0.3 is 0 Å². The fourth-order valence-corrected chi connectivity index (χ4v) is 2.13. The molecule has 0 spiro atoms. The Morgan fingerprint density at radius 3 is 2.56 bits per heavy atom. The number of rotatable bonds is 5. The summed E-state index contributed by atoms with van der Waals surface area (Å²) in [5.41, 5.74) is 5.68. The van der Waals surface area contributed by atoms with Crippen LogP contribution >= 0.6 is 0 Å². The smallest absolute Gasteiger partial charge is 0.253 e. The molecule has 18 heavy (non-hydrogen) atoms.